The monoisotopic (exact) mass is 314 g/mol. The topological polar surface area (TPSA) is 98.5 Å². The quantitative estimate of drug-likeness (QED) is 0.769. The molecule has 0 bridgehead atoms. The summed E-state index contributed by atoms with van der Waals surface area (Å²) in [5, 5.41) is 2.61. The lowest BCUT2D eigenvalue weighted by atomic mass is 10.1. The first kappa shape index (κ1) is 17.3. The number of ether oxygens (including phenoxy) is 1. The molecule has 1 amide bonds. The highest BCUT2D eigenvalue weighted by atomic mass is 32.2. The molecule has 6 nitrogen and oxygen atoms in total. The molecule has 7 heteroatoms. The van der Waals surface area contributed by atoms with Crippen molar-refractivity contribution in [3.63, 3.8) is 0 Å². The molecule has 3 N–H and O–H groups in total. The summed E-state index contributed by atoms with van der Waals surface area (Å²) in [4.78, 5) is 12.1. The Morgan fingerprint density at radius 2 is 1.95 bits per heavy atom. The molecular weight excluding hydrogens is 292 g/mol. The first-order chi connectivity index (χ1) is 9.56. The van der Waals surface area contributed by atoms with Crippen LogP contribution in [0.25, 0.3) is 0 Å². The van der Waals surface area contributed by atoms with Gasteiger partial charge in [0.05, 0.1) is 11.4 Å². The largest absolute Gasteiger partial charge is 0.494 e. The van der Waals surface area contributed by atoms with Gasteiger partial charge in [0.1, 0.15) is 5.75 Å². The number of rotatable bonds is 6. The van der Waals surface area contributed by atoms with Crippen molar-refractivity contribution >= 4 is 21.4 Å². The molecule has 21 heavy (non-hydrogen) atoms. The minimum Gasteiger partial charge on any atom is -0.494 e. The molecule has 0 aliphatic carbocycles. The lowest BCUT2D eigenvalue weighted by Crippen LogP contribution is -2.43. The van der Waals surface area contributed by atoms with Gasteiger partial charge < -0.3 is 15.8 Å². The van der Waals surface area contributed by atoms with Crippen LogP contribution in [-0.2, 0) is 9.84 Å². The van der Waals surface area contributed by atoms with E-state index in [1.165, 1.54) is 6.07 Å². The summed E-state index contributed by atoms with van der Waals surface area (Å²) in [6, 6.07) is 4.72. The Labute approximate surface area is 125 Å². The molecule has 0 spiro atoms. The molecule has 1 rings (SSSR count). The Morgan fingerprint density at radius 3 is 2.48 bits per heavy atom. The van der Waals surface area contributed by atoms with Crippen LogP contribution in [0.3, 0.4) is 0 Å². The summed E-state index contributed by atoms with van der Waals surface area (Å²) in [6.07, 6.45) is 1.15. The van der Waals surface area contributed by atoms with Crippen molar-refractivity contribution in [1.29, 1.82) is 0 Å². The van der Waals surface area contributed by atoms with Crippen molar-refractivity contribution in [2.45, 2.75) is 25.5 Å². The number of benzene rings is 1. The minimum atomic E-state index is -3.27. The van der Waals surface area contributed by atoms with Gasteiger partial charge in [-0.25, -0.2) is 8.42 Å². The van der Waals surface area contributed by atoms with Gasteiger partial charge in [0.15, 0.2) is 9.84 Å². The van der Waals surface area contributed by atoms with E-state index in [2.05, 4.69) is 5.32 Å². The summed E-state index contributed by atoms with van der Waals surface area (Å²) in [5.74, 6) is 0.116. The number of anilines is 1. The van der Waals surface area contributed by atoms with Crippen molar-refractivity contribution < 1.29 is 17.9 Å². The molecule has 0 heterocycles. The molecule has 0 aliphatic rings. The predicted octanol–water partition coefficient (Wildman–Crippen LogP) is 1.22. The number of amides is 1. The van der Waals surface area contributed by atoms with Gasteiger partial charge in [-0.15, -0.1) is 0 Å². The average Bonchev–Trinajstić information content (AvgIpc) is 2.34. The van der Waals surface area contributed by atoms with Crippen LogP contribution >= 0.6 is 0 Å². The van der Waals surface area contributed by atoms with Crippen LogP contribution in [0.4, 0.5) is 5.69 Å². The molecule has 0 radical (unpaired) electrons. The highest BCUT2D eigenvalue weighted by Crippen LogP contribution is 2.19. The number of sulfone groups is 1. The Hall–Kier alpha value is -1.76. The molecule has 0 aromatic heterocycles. The molecule has 0 saturated carbocycles. The maximum absolute atomic E-state index is 12.1. The third-order valence-corrected chi connectivity index (χ3v) is 5.33. The van der Waals surface area contributed by atoms with Crippen LogP contribution in [0.1, 0.15) is 31.1 Å². The summed E-state index contributed by atoms with van der Waals surface area (Å²) in [7, 11) is -3.27. The van der Waals surface area contributed by atoms with Gasteiger partial charge in [-0.3, -0.25) is 4.79 Å². The van der Waals surface area contributed by atoms with Gasteiger partial charge in [0, 0.05) is 30.1 Å². The van der Waals surface area contributed by atoms with Gasteiger partial charge in [-0.1, -0.05) is 0 Å². The van der Waals surface area contributed by atoms with Crippen molar-refractivity contribution in [3.8, 4) is 5.75 Å². The van der Waals surface area contributed by atoms with Crippen molar-refractivity contribution in [1.82, 2.24) is 5.32 Å². The van der Waals surface area contributed by atoms with Crippen LogP contribution in [0.15, 0.2) is 18.2 Å². The van der Waals surface area contributed by atoms with E-state index in [0.29, 0.717) is 23.6 Å². The van der Waals surface area contributed by atoms with E-state index in [0.717, 1.165) is 6.26 Å². The van der Waals surface area contributed by atoms with E-state index >= 15 is 0 Å². The summed E-state index contributed by atoms with van der Waals surface area (Å²) in [5.41, 5.74) is 6.47. The fourth-order valence-electron chi connectivity index (χ4n) is 1.53. The molecule has 0 aliphatic heterocycles. The second kappa shape index (κ2) is 6.34. The predicted molar refractivity (Wildman–Crippen MR) is 83.3 cm³/mol. The number of nitrogen functional groups attached to an aromatic ring is 1. The first-order valence-corrected chi connectivity index (χ1v) is 8.47. The SMILES string of the molecule is CCOc1cc(N)cc(C(=O)NCC(C)(C)S(C)(=O)=O)c1. The average molecular weight is 314 g/mol. The van der Waals surface area contributed by atoms with Crippen molar-refractivity contribution in [2.24, 2.45) is 0 Å². The summed E-state index contributed by atoms with van der Waals surface area (Å²) in [6.45, 7) is 5.44. The molecule has 1 aromatic carbocycles. The third kappa shape index (κ3) is 4.63. The maximum Gasteiger partial charge on any atom is 0.251 e. The Bertz CT molecular complexity index is 624. The van der Waals surface area contributed by atoms with Gasteiger partial charge in [0.2, 0.25) is 0 Å². The highest BCUT2D eigenvalue weighted by molar-refractivity contribution is 7.92. The van der Waals surface area contributed by atoms with E-state index < -0.39 is 14.6 Å². The summed E-state index contributed by atoms with van der Waals surface area (Å²) < 4.78 is 27.5. The second-order valence-corrected chi connectivity index (χ2v) is 8.09. The Balaban J connectivity index is 2.86. The van der Waals surface area contributed by atoms with E-state index in [1.54, 1.807) is 26.0 Å². The third-order valence-electron chi connectivity index (χ3n) is 3.18. The zero-order valence-corrected chi connectivity index (χ0v) is 13.6. The van der Waals surface area contributed by atoms with E-state index in [1.807, 2.05) is 6.92 Å². The van der Waals surface area contributed by atoms with Crippen molar-refractivity contribution in [2.75, 3.05) is 25.1 Å². The Kier molecular flexibility index (Phi) is 5.22. The molecule has 0 unspecified atom stereocenters. The summed E-state index contributed by atoms with van der Waals surface area (Å²) >= 11 is 0. The number of nitrogens with two attached hydrogens (primary N) is 1. The van der Waals surface area contributed by atoms with Gasteiger partial charge >= 0.3 is 0 Å². The molecule has 0 atom stereocenters. The van der Waals surface area contributed by atoms with E-state index in [9.17, 15) is 13.2 Å². The van der Waals surface area contributed by atoms with Crippen molar-refractivity contribution in [3.05, 3.63) is 23.8 Å². The number of carbonyl (C=O) groups is 1. The molecule has 0 saturated heterocycles. The van der Waals surface area contributed by atoms with Gasteiger partial charge in [-0.2, -0.15) is 0 Å². The van der Waals surface area contributed by atoms with Crippen LogP contribution in [0, 0.1) is 0 Å². The van der Waals surface area contributed by atoms with E-state index in [4.69, 9.17) is 10.5 Å². The molecule has 1 aromatic rings. The van der Waals surface area contributed by atoms with Crippen LogP contribution in [0.2, 0.25) is 0 Å². The minimum absolute atomic E-state index is 0.0173. The van der Waals surface area contributed by atoms with E-state index in [-0.39, 0.29) is 12.5 Å². The fraction of sp³-hybridized carbons (Fsp3) is 0.500. The maximum atomic E-state index is 12.1. The smallest absolute Gasteiger partial charge is 0.251 e. The zero-order chi connectivity index (χ0) is 16.3. The Morgan fingerprint density at radius 1 is 1.33 bits per heavy atom. The van der Waals surface area contributed by atoms with Crippen LogP contribution in [0.5, 0.6) is 5.75 Å². The number of hydrogen-bond acceptors (Lipinski definition) is 5. The lowest BCUT2D eigenvalue weighted by Gasteiger charge is -2.22. The standard InChI is InChI=1S/C14H22N2O4S/c1-5-20-12-7-10(6-11(15)8-12)13(17)16-9-14(2,3)21(4,18)19/h6-8H,5,9,15H2,1-4H3,(H,16,17). The number of hydrogen-bond donors (Lipinski definition) is 2. The fourth-order valence-corrected chi connectivity index (χ4v) is 1.86. The van der Waals surface area contributed by atoms with Crippen LogP contribution < -0.4 is 15.8 Å². The first-order valence-electron chi connectivity index (χ1n) is 6.58. The van der Waals surface area contributed by atoms with Crippen LogP contribution in [-0.4, -0.2) is 38.5 Å². The van der Waals surface area contributed by atoms with Gasteiger partial charge in [0.25, 0.3) is 5.91 Å². The molecular formula is C14H22N2O4S. The lowest BCUT2D eigenvalue weighted by molar-refractivity contribution is 0.0950. The molecule has 118 valence electrons. The number of carbonyl (C=O) groups excluding carboxylic acids is 1. The second-order valence-electron chi connectivity index (χ2n) is 5.44. The normalized spacial score (nSPS) is 12.0. The number of nitrogens with one attached hydrogen (secondary N) is 1. The zero-order valence-electron chi connectivity index (χ0n) is 12.8. The van der Waals surface area contributed by atoms with Gasteiger partial charge in [-0.05, 0) is 32.9 Å². The molecule has 0 fully saturated rings. The highest BCUT2D eigenvalue weighted by Gasteiger charge is 2.30.